The van der Waals surface area contributed by atoms with E-state index in [4.69, 9.17) is 4.74 Å². The van der Waals surface area contributed by atoms with Gasteiger partial charge in [-0.25, -0.2) is 4.79 Å². The predicted molar refractivity (Wildman–Crippen MR) is 93.1 cm³/mol. The molecule has 134 valence electrons. The molecule has 0 unspecified atom stereocenters. The van der Waals surface area contributed by atoms with Crippen LogP contribution in [0.4, 0.5) is 5.69 Å². The molecule has 2 aliphatic rings. The molecule has 6 nitrogen and oxygen atoms in total. The molecular weight excluding hydrogens is 320 g/mol. The molecule has 2 aliphatic carbocycles. The van der Waals surface area contributed by atoms with E-state index in [1.165, 1.54) is 7.11 Å². The van der Waals surface area contributed by atoms with Crippen molar-refractivity contribution in [2.75, 3.05) is 12.4 Å². The zero-order valence-electron chi connectivity index (χ0n) is 14.5. The highest BCUT2D eigenvalue weighted by molar-refractivity contribution is 5.99. The van der Waals surface area contributed by atoms with E-state index in [1.807, 2.05) is 0 Å². The van der Waals surface area contributed by atoms with Gasteiger partial charge in [0.25, 0.3) is 5.91 Å². The van der Waals surface area contributed by atoms with E-state index >= 15 is 0 Å². The van der Waals surface area contributed by atoms with Crippen LogP contribution in [0, 0.1) is 5.92 Å². The van der Waals surface area contributed by atoms with Crippen LogP contribution in [0.2, 0.25) is 0 Å². The Bertz CT molecular complexity index is 659. The molecule has 1 aromatic rings. The quantitative estimate of drug-likeness (QED) is 0.804. The molecular formula is C19H24N2O4. The van der Waals surface area contributed by atoms with Crippen LogP contribution in [0.25, 0.3) is 0 Å². The maximum Gasteiger partial charge on any atom is 0.331 e. The molecule has 2 N–H and O–H groups in total. The predicted octanol–water partition coefficient (Wildman–Crippen LogP) is 2.64. The largest absolute Gasteiger partial charge is 0.467 e. The highest BCUT2D eigenvalue weighted by atomic mass is 16.5. The van der Waals surface area contributed by atoms with Crippen LogP contribution in [0.3, 0.4) is 0 Å². The van der Waals surface area contributed by atoms with Crippen molar-refractivity contribution in [3.8, 4) is 0 Å². The molecule has 6 heteroatoms. The van der Waals surface area contributed by atoms with Gasteiger partial charge in [-0.3, -0.25) is 9.59 Å². The van der Waals surface area contributed by atoms with Crippen LogP contribution < -0.4 is 10.6 Å². The number of anilines is 1. The molecule has 0 saturated heterocycles. The number of methoxy groups -OCH3 is 1. The van der Waals surface area contributed by atoms with Crippen molar-refractivity contribution in [3.63, 3.8) is 0 Å². The summed E-state index contributed by atoms with van der Waals surface area (Å²) in [7, 11) is 1.35. The number of esters is 1. The number of carbonyl (C=O) groups is 3. The summed E-state index contributed by atoms with van der Waals surface area (Å²) in [4.78, 5) is 36.6. The first-order chi connectivity index (χ1) is 12.0. The summed E-state index contributed by atoms with van der Waals surface area (Å²) in [5.41, 5.74) is 0.204. The molecule has 2 fully saturated rings. The highest BCUT2D eigenvalue weighted by Gasteiger charge is 2.42. The summed E-state index contributed by atoms with van der Waals surface area (Å²) in [6.07, 6.45) is 5.93. The summed E-state index contributed by atoms with van der Waals surface area (Å²) in [5, 5.41) is 5.73. The SMILES string of the molecule is COC(=O)C1(NC(=O)c2ccc(NC(=O)C3CC3)cc2)CCCCC1. The number of hydrogen-bond acceptors (Lipinski definition) is 4. The summed E-state index contributed by atoms with van der Waals surface area (Å²) >= 11 is 0. The van der Waals surface area contributed by atoms with Crippen LogP contribution in [0.1, 0.15) is 55.3 Å². The smallest absolute Gasteiger partial charge is 0.331 e. The zero-order valence-corrected chi connectivity index (χ0v) is 14.5. The summed E-state index contributed by atoms with van der Waals surface area (Å²) in [5.74, 6) is -0.514. The molecule has 0 atom stereocenters. The molecule has 0 radical (unpaired) electrons. The van der Waals surface area contributed by atoms with Gasteiger partial charge in [-0.2, -0.15) is 0 Å². The molecule has 25 heavy (non-hydrogen) atoms. The number of hydrogen-bond donors (Lipinski definition) is 2. The average molecular weight is 344 g/mol. The first-order valence-corrected chi connectivity index (χ1v) is 8.86. The first-order valence-electron chi connectivity index (χ1n) is 8.86. The van der Waals surface area contributed by atoms with Gasteiger partial charge < -0.3 is 15.4 Å². The molecule has 2 saturated carbocycles. The van der Waals surface area contributed by atoms with Crippen LogP contribution in [0.15, 0.2) is 24.3 Å². The second kappa shape index (κ2) is 7.25. The van der Waals surface area contributed by atoms with Crippen molar-refractivity contribution in [1.29, 1.82) is 0 Å². The van der Waals surface area contributed by atoms with Gasteiger partial charge >= 0.3 is 5.97 Å². The fourth-order valence-electron chi connectivity index (χ4n) is 3.32. The van der Waals surface area contributed by atoms with Gasteiger partial charge in [-0.05, 0) is 49.9 Å². The topological polar surface area (TPSA) is 84.5 Å². The molecule has 0 aliphatic heterocycles. The van der Waals surface area contributed by atoms with Crippen molar-refractivity contribution in [1.82, 2.24) is 5.32 Å². The van der Waals surface area contributed by atoms with Crippen LogP contribution in [0.5, 0.6) is 0 Å². The Morgan fingerprint density at radius 2 is 1.68 bits per heavy atom. The lowest BCUT2D eigenvalue weighted by atomic mass is 9.81. The van der Waals surface area contributed by atoms with Crippen molar-refractivity contribution < 1.29 is 19.1 Å². The van der Waals surface area contributed by atoms with Crippen molar-refractivity contribution >= 4 is 23.5 Å². The third-order valence-corrected chi connectivity index (χ3v) is 5.00. The Balaban J connectivity index is 1.66. The monoisotopic (exact) mass is 344 g/mol. The normalized spacial score (nSPS) is 18.9. The lowest BCUT2D eigenvalue weighted by molar-refractivity contribution is -0.149. The Hall–Kier alpha value is -2.37. The lowest BCUT2D eigenvalue weighted by Crippen LogP contribution is -2.56. The van der Waals surface area contributed by atoms with E-state index in [0.29, 0.717) is 24.1 Å². The number of ether oxygens (including phenoxy) is 1. The molecule has 0 spiro atoms. The van der Waals surface area contributed by atoms with Gasteiger partial charge in [0.15, 0.2) is 0 Å². The minimum atomic E-state index is -0.928. The van der Waals surface area contributed by atoms with Gasteiger partial charge in [0.2, 0.25) is 5.91 Å². The highest BCUT2D eigenvalue weighted by Crippen LogP contribution is 2.31. The van der Waals surface area contributed by atoms with E-state index in [2.05, 4.69) is 10.6 Å². The molecule has 0 bridgehead atoms. The van der Waals surface area contributed by atoms with Crippen LogP contribution >= 0.6 is 0 Å². The minimum absolute atomic E-state index is 0.0315. The van der Waals surface area contributed by atoms with Gasteiger partial charge in [0, 0.05) is 17.2 Å². The van der Waals surface area contributed by atoms with Crippen LogP contribution in [-0.4, -0.2) is 30.4 Å². The van der Waals surface area contributed by atoms with Crippen molar-refractivity contribution in [2.45, 2.75) is 50.5 Å². The molecule has 0 aromatic heterocycles. The molecule has 1 aromatic carbocycles. The van der Waals surface area contributed by atoms with Gasteiger partial charge in [0.05, 0.1) is 7.11 Å². The van der Waals surface area contributed by atoms with E-state index in [0.717, 1.165) is 32.1 Å². The fraction of sp³-hybridized carbons (Fsp3) is 0.526. The maximum atomic E-state index is 12.6. The second-order valence-electron chi connectivity index (χ2n) is 6.93. The number of benzene rings is 1. The first kappa shape index (κ1) is 17.5. The third-order valence-electron chi connectivity index (χ3n) is 5.00. The Kier molecular flexibility index (Phi) is 5.06. The molecule has 3 rings (SSSR count). The van der Waals surface area contributed by atoms with E-state index < -0.39 is 5.54 Å². The maximum absolute atomic E-state index is 12.6. The minimum Gasteiger partial charge on any atom is -0.467 e. The standard InChI is InChI=1S/C19H24N2O4/c1-25-18(24)19(11-3-2-4-12-19)21-17(23)14-7-9-15(10-8-14)20-16(22)13-5-6-13/h7-10,13H,2-6,11-12H2,1H3,(H,20,22)(H,21,23). The lowest BCUT2D eigenvalue weighted by Gasteiger charge is -2.35. The van der Waals surface area contributed by atoms with E-state index in [1.54, 1.807) is 24.3 Å². The third kappa shape index (κ3) is 4.00. The van der Waals surface area contributed by atoms with E-state index in [-0.39, 0.29) is 23.7 Å². The van der Waals surface area contributed by atoms with Gasteiger partial charge in [-0.1, -0.05) is 19.3 Å². The number of nitrogens with one attached hydrogen (secondary N) is 2. The summed E-state index contributed by atoms with van der Waals surface area (Å²) in [6, 6.07) is 6.74. The van der Waals surface area contributed by atoms with E-state index in [9.17, 15) is 14.4 Å². The average Bonchev–Trinajstić information content (AvgIpc) is 3.47. The van der Waals surface area contributed by atoms with Crippen molar-refractivity contribution in [3.05, 3.63) is 29.8 Å². The summed E-state index contributed by atoms with van der Waals surface area (Å²) in [6.45, 7) is 0. The molecule has 0 heterocycles. The van der Waals surface area contributed by atoms with Crippen LogP contribution in [-0.2, 0) is 14.3 Å². The Morgan fingerprint density at radius 1 is 1.04 bits per heavy atom. The second-order valence-corrected chi connectivity index (χ2v) is 6.93. The Morgan fingerprint density at radius 3 is 2.24 bits per heavy atom. The Labute approximate surface area is 147 Å². The number of amides is 2. The van der Waals surface area contributed by atoms with Gasteiger partial charge in [-0.15, -0.1) is 0 Å². The fourth-order valence-corrected chi connectivity index (χ4v) is 3.32. The number of carbonyl (C=O) groups excluding carboxylic acids is 3. The zero-order chi connectivity index (χ0) is 17.9. The van der Waals surface area contributed by atoms with Crippen molar-refractivity contribution in [2.24, 2.45) is 5.92 Å². The molecule has 2 amide bonds. The number of rotatable bonds is 5. The van der Waals surface area contributed by atoms with Gasteiger partial charge in [0.1, 0.15) is 5.54 Å². The summed E-state index contributed by atoms with van der Waals surface area (Å²) < 4.78 is 4.92.